The highest BCUT2D eigenvalue weighted by molar-refractivity contribution is 5.44. The minimum Gasteiger partial charge on any atom is -0.454 e. The van der Waals surface area contributed by atoms with Gasteiger partial charge in [-0.05, 0) is 51.3 Å². The van der Waals surface area contributed by atoms with Crippen LogP contribution in [-0.2, 0) is 6.42 Å². The Hall–Kier alpha value is -1.48. The summed E-state index contributed by atoms with van der Waals surface area (Å²) in [7, 11) is 0. The van der Waals surface area contributed by atoms with Crippen LogP contribution in [0, 0.1) is 0 Å². The SMILES string of the molecule is CC(C)=CCNC(C)CCc1ccc2c(c1)OCO2. The molecular formula is C16H23NO2. The first-order chi connectivity index (χ1) is 9.15. The molecule has 0 amide bonds. The van der Waals surface area contributed by atoms with Crippen molar-refractivity contribution in [2.75, 3.05) is 13.3 Å². The number of rotatable bonds is 6. The molecule has 3 heteroatoms. The lowest BCUT2D eigenvalue weighted by molar-refractivity contribution is 0.174. The largest absolute Gasteiger partial charge is 0.454 e. The lowest BCUT2D eigenvalue weighted by Crippen LogP contribution is -2.26. The van der Waals surface area contributed by atoms with Gasteiger partial charge in [0, 0.05) is 12.6 Å². The van der Waals surface area contributed by atoms with Crippen LogP contribution in [0.5, 0.6) is 11.5 Å². The Bertz CT molecular complexity index is 450. The number of hydrogen-bond acceptors (Lipinski definition) is 3. The summed E-state index contributed by atoms with van der Waals surface area (Å²) in [4.78, 5) is 0. The van der Waals surface area contributed by atoms with Crippen LogP contribution in [0.3, 0.4) is 0 Å². The van der Waals surface area contributed by atoms with E-state index in [2.05, 4.69) is 44.3 Å². The molecule has 0 aromatic heterocycles. The van der Waals surface area contributed by atoms with E-state index in [1.54, 1.807) is 0 Å². The second-order valence-corrected chi connectivity index (χ2v) is 5.32. The zero-order chi connectivity index (χ0) is 13.7. The molecule has 0 aliphatic carbocycles. The molecule has 0 radical (unpaired) electrons. The van der Waals surface area contributed by atoms with Gasteiger partial charge in [-0.15, -0.1) is 0 Å². The molecule has 1 N–H and O–H groups in total. The van der Waals surface area contributed by atoms with Crippen LogP contribution in [0.2, 0.25) is 0 Å². The van der Waals surface area contributed by atoms with Gasteiger partial charge < -0.3 is 14.8 Å². The fraction of sp³-hybridized carbons (Fsp3) is 0.500. The van der Waals surface area contributed by atoms with Crippen LogP contribution in [0.15, 0.2) is 29.8 Å². The van der Waals surface area contributed by atoms with Gasteiger partial charge in [0.1, 0.15) is 0 Å². The van der Waals surface area contributed by atoms with Crippen molar-refractivity contribution in [3.8, 4) is 11.5 Å². The van der Waals surface area contributed by atoms with Gasteiger partial charge in [-0.25, -0.2) is 0 Å². The predicted octanol–water partition coefficient (Wildman–Crippen LogP) is 3.29. The normalized spacial score (nSPS) is 14.3. The molecule has 1 aliphatic heterocycles. The number of hydrogen-bond donors (Lipinski definition) is 1. The number of ether oxygens (including phenoxy) is 2. The monoisotopic (exact) mass is 261 g/mol. The first-order valence-electron chi connectivity index (χ1n) is 6.90. The molecule has 0 saturated carbocycles. The second kappa shape index (κ2) is 6.62. The lowest BCUT2D eigenvalue weighted by atomic mass is 10.1. The Morgan fingerprint density at radius 1 is 1.32 bits per heavy atom. The number of fused-ring (bicyclic) bond motifs is 1. The summed E-state index contributed by atoms with van der Waals surface area (Å²) in [5.41, 5.74) is 2.66. The van der Waals surface area contributed by atoms with E-state index in [-0.39, 0.29) is 0 Å². The Labute approximate surface area is 115 Å². The number of benzene rings is 1. The summed E-state index contributed by atoms with van der Waals surface area (Å²) >= 11 is 0. The van der Waals surface area contributed by atoms with E-state index in [0.29, 0.717) is 12.8 Å². The molecule has 0 bridgehead atoms. The second-order valence-electron chi connectivity index (χ2n) is 5.32. The molecule has 1 aromatic carbocycles. The zero-order valence-electron chi connectivity index (χ0n) is 12.0. The molecule has 1 atom stereocenters. The molecule has 3 nitrogen and oxygen atoms in total. The smallest absolute Gasteiger partial charge is 0.231 e. The van der Waals surface area contributed by atoms with Crippen molar-refractivity contribution in [3.63, 3.8) is 0 Å². The Kier molecular flexibility index (Phi) is 4.86. The average molecular weight is 261 g/mol. The van der Waals surface area contributed by atoms with E-state index in [9.17, 15) is 0 Å². The van der Waals surface area contributed by atoms with Gasteiger partial charge in [-0.1, -0.05) is 17.7 Å². The van der Waals surface area contributed by atoms with Gasteiger partial charge in [0.25, 0.3) is 0 Å². The first-order valence-corrected chi connectivity index (χ1v) is 6.90. The molecule has 0 saturated heterocycles. The van der Waals surface area contributed by atoms with Crippen LogP contribution in [0.4, 0.5) is 0 Å². The zero-order valence-corrected chi connectivity index (χ0v) is 12.0. The third-order valence-corrected chi connectivity index (χ3v) is 3.28. The van der Waals surface area contributed by atoms with Gasteiger partial charge in [-0.2, -0.15) is 0 Å². The standard InChI is InChI=1S/C16H23NO2/c1-12(2)8-9-17-13(3)4-5-14-6-7-15-16(10-14)19-11-18-15/h6-8,10,13,17H,4-5,9,11H2,1-3H3. The maximum Gasteiger partial charge on any atom is 0.231 e. The highest BCUT2D eigenvalue weighted by Gasteiger charge is 2.13. The topological polar surface area (TPSA) is 30.5 Å². The van der Waals surface area contributed by atoms with Crippen LogP contribution < -0.4 is 14.8 Å². The number of aryl methyl sites for hydroxylation is 1. The quantitative estimate of drug-likeness (QED) is 0.797. The van der Waals surface area contributed by atoms with Crippen molar-refractivity contribution in [1.29, 1.82) is 0 Å². The van der Waals surface area contributed by atoms with Gasteiger partial charge in [0.15, 0.2) is 11.5 Å². The third-order valence-electron chi connectivity index (χ3n) is 3.28. The Balaban J connectivity index is 1.77. The molecule has 0 spiro atoms. The molecule has 0 fully saturated rings. The lowest BCUT2D eigenvalue weighted by Gasteiger charge is -2.12. The van der Waals surface area contributed by atoms with E-state index in [4.69, 9.17) is 9.47 Å². The first kappa shape index (κ1) is 13.9. The summed E-state index contributed by atoms with van der Waals surface area (Å²) in [5.74, 6) is 1.74. The van der Waals surface area contributed by atoms with Crippen molar-refractivity contribution in [1.82, 2.24) is 5.32 Å². The van der Waals surface area contributed by atoms with Gasteiger partial charge >= 0.3 is 0 Å². The van der Waals surface area contributed by atoms with Crippen molar-refractivity contribution < 1.29 is 9.47 Å². The van der Waals surface area contributed by atoms with Crippen molar-refractivity contribution in [2.24, 2.45) is 0 Å². The van der Waals surface area contributed by atoms with Crippen molar-refractivity contribution in [2.45, 2.75) is 39.7 Å². The minimum absolute atomic E-state index is 0.347. The highest BCUT2D eigenvalue weighted by atomic mass is 16.7. The fourth-order valence-corrected chi connectivity index (χ4v) is 2.05. The van der Waals surface area contributed by atoms with Crippen molar-refractivity contribution in [3.05, 3.63) is 35.4 Å². The number of nitrogens with one attached hydrogen (secondary N) is 1. The molecule has 1 unspecified atom stereocenters. The fourth-order valence-electron chi connectivity index (χ4n) is 2.05. The maximum absolute atomic E-state index is 5.39. The van der Waals surface area contributed by atoms with E-state index >= 15 is 0 Å². The summed E-state index contributed by atoms with van der Waals surface area (Å²) in [6.07, 6.45) is 4.40. The molecule has 1 heterocycles. The van der Waals surface area contributed by atoms with E-state index < -0.39 is 0 Å². The summed E-state index contributed by atoms with van der Waals surface area (Å²) in [6, 6.07) is 6.72. The molecule has 1 aliphatic rings. The average Bonchev–Trinajstić information content (AvgIpc) is 2.83. The van der Waals surface area contributed by atoms with Gasteiger partial charge in [0.2, 0.25) is 6.79 Å². The van der Waals surface area contributed by atoms with Crippen LogP contribution in [-0.4, -0.2) is 19.4 Å². The third kappa shape index (κ3) is 4.28. The predicted molar refractivity (Wildman–Crippen MR) is 77.8 cm³/mol. The Morgan fingerprint density at radius 2 is 2.11 bits per heavy atom. The van der Waals surface area contributed by atoms with E-state index in [0.717, 1.165) is 30.9 Å². The van der Waals surface area contributed by atoms with E-state index in [1.165, 1.54) is 11.1 Å². The minimum atomic E-state index is 0.347. The summed E-state index contributed by atoms with van der Waals surface area (Å²) in [5, 5.41) is 3.50. The molecule has 1 aromatic rings. The summed E-state index contributed by atoms with van der Waals surface area (Å²) < 4.78 is 10.7. The number of allylic oxidation sites excluding steroid dienone is 1. The molecule has 2 rings (SSSR count). The molecular weight excluding hydrogens is 238 g/mol. The van der Waals surface area contributed by atoms with Crippen LogP contribution in [0.1, 0.15) is 32.8 Å². The summed E-state index contributed by atoms with van der Waals surface area (Å²) in [6.45, 7) is 7.77. The molecule has 104 valence electrons. The maximum atomic E-state index is 5.39. The van der Waals surface area contributed by atoms with Crippen LogP contribution in [0.25, 0.3) is 0 Å². The Morgan fingerprint density at radius 3 is 2.89 bits per heavy atom. The van der Waals surface area contributed by atoms with Gasteiger partial charge in [-0.3, -0.25) is 0 Å². The van der Waals surface area contributed by atoms with Crippen LogP contribution >= 0.6 is 0 Å². The van der Waals surface area contributed by atoms with E-state index in [1.807, 2.05) is 6.07 Å². The highest BCUT2D eigenvalue weighted by Crippen LogP contribution is 2.32. The molecule has 19 heavy (non-hydrogen) atoms. The van der Waals surface area contributed by atoms with Gasteiger partial charge in [0.05, 0.1) is 0 Å². The van der Waals surface area contributed by atoms with Crippen molar-refractivity contribution >= 4 is 0 Å².